The van der Waals surface area contributed by atoms with Crippen molar-refractivity contribution in [2.45, 2.75) is 18.4 Å². The van der Waals surface area contributed by atoms with Crippen molar-refractivity contribution in [3.8, 4) is 0 Å². The minimum Gasteiger partial charge on any atom is -0.478 e. The number of rotatable bonds is 5. The highest BCUT2D eigenvalue weighted by Gasteiger charge is 2.44. The minimum absolute atomic E-state index is 0.212. The van der Waals surface area contributed by atoms with Gasteiger partial charge in [0.15, 0.2) is 0 Å². The summed E-state index contributed by atoms with van der Waals surface area (Å²) in [6.07, 6.45) is 3.76. The Morgan fingerprint density at radius 2 is 2.24 bits per heavy atom. The summed E-state index contributed by atoms with van der Waals surface area (Å²) in [4.78, 5) is 17.0. The van der Waals surface area contributed by atoms with Crippen LogP contribution in [0.4, 0.5) is 5.82 Å². The van der Waals surface area contributed by atoms with Crippen LogP contribution in [-0.4, -0.2) is 47.1 Å². The van der Waals surface area contributed by atoms with Crippen LogP contribution in [0.3, 0.4) is 0 Å². The molecule has 5 heteroatoms. The van der Waals surface area contributed by atoms with Gasteiger partial charge in [0.2, 0.25) is 0 Å². The van der Waals surface area contributed by atoms with Crippen LogP contribution in [0.15, 0.2) is 18.3 Å². The van der Waals surface area contributed by atoms with Crippen LogP contribution in [0.1, 0.15) is 23.2 Å². The molecule has 1 aliphatic rings. The number of hydrogen-bond donors (Lipinski definition) is 2. The van der Waals surface area contributed by atoms with Gasteiger partial charge in [0.05, 0.1) is 5.56 Å². The fraction of sp³-hybridized carbons (Fsp3) is 0.500. The summed E-state index contributed by atoms with van der Waals surface area (Å²) in [5, 5.41) is 12.0. The number of carboxylic acid groups (broad SMARTS) is 1. The van der Waals surface area contributed by atoms with Crippen LogP contribution < -0.4 is 5.32 Å². The number of hydrogen-bond acceptors (Lipinski definition) is 4. The van der Waals surface area contributed by atoms with E-state index in [0.29, 0.717) is 0 Å². The lowest BCUT2D eigenvalue weighted by atomic mass is 10.2. The highest BCUT2D eigenvalue weighted by molar-refractivity contribution is 5.87. The van der Waals surface area contributed by atoms with Crippen LogP contribution in [0.25, 0.3) is 0 Å². The monoisotopic (exact) mass is 235 g/mol. The number of aromatic nitrogens is 1. The molecule has 5 nitrogen and oxygen atoms in total. The third-order valence-corrected chi connectivity index (χ3v) is 3.38. The molecule has 1 aromatic rings. The maximum atomic E-state index is 10.7. The second-order valence-electron chi connectivity index (χ2n) is 4.71. The number of aromatic carboxylic acids is 1. The molecule has 0 unspecified atom stereocenters. The van der Waals surface area contributed by atoms with Crippen molar-refractivity contribution in [2.75, 3.05) is 26.0 Å². The van der Waals surface area contributed by atoms with Gasteiger partial charge < -0.3 is 15.3 Å². The molecule has 1 saturated carbocycles. The first-order chi connectivity index (χ1) is 8.03. The van der Waals surface area contributed by atoms with Gasteiger partial charge in [0.1, 0.15) is 5.82 Å². The Morgan fingerprint density at radius 3 is 2.65 bits per heavy atom. The van der Waals surface area contributed by atoms with Crippen molar-refractivity contribution in [1.82, 2.24) is 9.88 Å². The zero-order valence-electron chi connectivity index (χ0n) is 10.1. The van der Waals surface area contributed by atoms with E-state index in [9.17, 15) is 4.79 Å². The van der Waals surface area contributed by atoms with E-state index >= 15 is 0 Å². The number of nitrogens with zero attached hydrogens (tertiary/aromatic N) is 2. The van der Waals surface area contributed by atoms with E-state index < -0.39 is 5.97 Å². The van der Waals surface area contributed by atoms with Crippen molar-refractivity contribution in [2.24, 2.45) is 0 Å². The molecule has 0 aliphatic heterocycles. The first-order valence-electron chi connectivity index (χ1n) is 5.64. The standard InChI is InChI=1S/C12H17N3O2/c1-15(2)12(5-6-12)8-14-10-4-3-9(7-13-10)11(16)17/h3-4,7H,5-6,8H2,1-2H3,(H,13,14)(H,16,17). The second kappa shape index (κ2) is 4.33. The van der Waals surface area contributed by atoms with Crippen LogP contribution in [0.2, 0.25) is 0 Å². The summed E-state index contributed by atoms with van der Waals surface area (Å²) in [6.45, 7) is 0.847. The normalized spacial score (nSPS) is 16.9. The fourth-order valence-electron chi connectivity index (χ4n) is 1.81. The number of nitrogens with one attached hydrogen (secondary N) is 1. The van der Waals surface area contributed by atoms with Gasteiger partial charge in [-0.25, -0.2) is 9.78 Å². The molecule has 0 saturated heterocycles. The van der Waals surface area contributed by atoms with Gasteiger partial charge in [0, 0.05) is 18.3 Å². The largest absolute Gasteiger partial charge is 0.478 e. The van der Waals surface area contributed by atoms with Crippen LogP contribution in [0, 0.1) is 0 Å². The lowest BCUT2D eigenvalue weighted by Crippen LogP contribution is -2.36. The SMILES string of the molecule is CN(C)C1(CNc2ccc(C(=O)O)cn2)CC1. The van der Waals surface area contributed by atoms with E-state index in [0.717, 1.165) is 12.4 Å². The molecule has 0 atom stereocenters. The fourth-order valence-corrected chi connectivity index (χ4v) is 1.81. The van der Waals surface area contributed by atoms with E-state index in [1.54, 1.807) is 12.1 Å². The predicted molar refractivity (Wildman–Crippen MR) is 65.3 cm³/mol. The van der Waals surface area contributed by atoms with Crippen molar-refractivity contribution in [1.29, 1.82) is 0 Å². The summed E-state index contributed by atoms with van der Waals surface area (Å²) in [6, 6.07) is 3.27. The second-order valence-corrected chi connectivity index (χ2v) is 4.71. The van der Waals surface area contributed by atoms with Gasteiger partial charge in [-0.2, -0.15) is 0 Å². The first kappa shape index (κ1) is 11.9. The highest BCUT2D eigenvalue weighted by Crippen LogP contribution is 2.39. The molecule has 17 heavy (non-hydrogen) atoms. The molecule has 0 spiro atoms. The summed E-state index contributed by atoms with van der Waals surface area (Å²) in [5.41, 5.74) is 0.469. The molecule has 1 fully saturated rings. The Morgan fingerprint density at radius 1 is 1.53 bits per heavy atom. The van der Waals surface area contributed by atoms with Crippen LogP contribution >= 0.6 is 0 Å². The number of anilines is 1. The quantitative estimate of drug-likeness (QED) is 0.805. The number of likely N-dealkylation sites (N-methyl/N-ethyl adjacent to an activating group) is 1. The average molecular weight is 235 g/mol. The molecular weight excluding hydrogens is 218 g/mol. The Bertz CT molecular complexity index is 410. The Hall–Kier alpha value is -1.62. The summed E-state index contributed by atoms with van der Waals surface area (Å²) in [5.74, 6) is -0.223. The molecule has 1 heterocycles. The van der Waals surface area contributed by atoms with E-state index in [1.165, 1.54) is 19.0 Å². The summed E-state index contributed by atoms with van der Waals surface area (Å²) < 4.78 is 0. The van der Waals surface area contributed by atoms with Crippen LogP contribution in [-0.2, 0) is 0 Å². The van der Waals surface area contributed by atoms with Gasteiger partial charge in [-0.1, -0.05) is 0 Å². The lowest BCUT2D eigenvalue weighted by Gasteiger charge is -2.24. The maximum Gasteiger partial charge on any atom is 0.337 e. The first-order valence-corrected chi connectivity index (χ1v) is 5.64. The van der Waals surface area contributed by atoms with E-state index in [-0.39, 0.29) is 11.1 Å². The van der Waals surface area contributed by atoms with Gasteiger partial charge in [-0.05, 0) is 39.1 Å². The molecule has 0 radical (unpaired) electrons. The molecule has 0 bridgehead atoms. The third-order valence-electron chi connectivity index (χ3n) is 3.38. The van der Waals surface area contributed by atoms with Gasteiger partial charge in [-0.3, -0.25) is 0 Å². The number of pyridine rings is 1. The zero-order valence-corrected chi connectivity index (χ0v) is 10.1. The van der Waals surface area contributed by atoms with Gasteiger partial charge in [-0.15, -0.1) is 0 Å². The van der Waals surface area contributed by atoms with Crippen molar-refractivity contribution in [3.63, 3.8) is 0 Å². The maximum absolute atomic E-state index is 10.7. The van der Waals surface area contributed by atoms with E-state index in [2.05, 4.69) is 29.3 Å². The number of carbonyl (C=O) groups is 1. The zero-order chi connectivity index (χ0) is 12.5. The van der Waals surface area contributed by atoms with Crippen LogP contribution in [0.5, 0.6) is 0 Å². The molecule has 0 aromatic carbocycles. The van der Waals surface area contributed by atoms with Crippen molar-refractivity contribution < 1.29 is 9.90 Å². The van der Waals surface area contributed by atoms with E-state index in [4.69, 9.17) is 5.11 Å². The van der Waals surface area contributed by atoms with Gasteiger partial charge in [0.25, 0.3) is 0 Å². The Kier molecular flexibility index (Phi) is 3.02. The summed E-state index contributed by atoms with van der Waals surface area (Å²) in [7, 11) is 4.16. The molecule has 2 rings (SSSR count). The number of carboxylic acids is 1. The smallest absolute Gasteiger partial charge is 0.337 e. The van der Waals surface area contributed by atoms with Gasteiger partial charge >= 0.3 is 5.97 Å². The Labute approximate surface area is 100 Å². The molecular formula is C12H17N3O2. The molecule has 2 N–H and O–H groups in total. The highest BCUT2D eigenvalue weighted by atomic mass is 16.4. The van der Waals surface area contributed by atoms with Crippen molar-refractivity contribution in [3.05, 3.63) is 23.9 Å². The molecule has 92 valence electrons. The van der Waals surface area contributed by atoms with E-state index in [1.807, 2.05) is 0 Å². The lowest BCUT2D eigenvalue weighted by molar-refractivity contribution is 0.0696. The minimum atomic E-state index is -0.948. The molecule has 0 amide bonds. The summed E-state index contributed by atoms with van der Waals surface area (Å²) >= 11 is 0. The third kappa shape index (κ3) is 2.55. The predicted octanol–water partition coefficient (Wildman–Crippen LogP) is 1.29. The average Bonchev–Trinajstić information content (AvgIpc) is 3.08. The molecule has 1 aliphatic carbocycles. The Balaban J connectivity index is 1.94. The topological polar surface area (TPSA) is 65.5 Å². The van der Waals surface area contributed by atoms with Crippen molar-refractivity contribution >= 4 is 11.8 Å². The molecule has 1 aromatic heterocycles.